The summed E-state index contributed by atoms with van der Waals surface area (Å²) in [5, 5.41) is 0. The van der Waals surface area contributed by atoms with Gasteiger partial charge >= 0.3 is 0 Å². The van der Waals surface area contributed by atoms with Gasteiger partial charge in [0.2, 0.25) is 0 Å². The smallest absolute Gasteiger partial charge is 0.0507 e. The summed E-state index contributed by atoms with van der Waals surface area (Å²) < 4.78 is 5.46. The van der Waals surface area contributed by atoms with Gasteiger partial charge in [0.1, 0.15) is 0 Å². The van der Waals surface area contributed by atoms with Crippen LogP contribution >= 0.6 is 0 Å². The first kappa shape index (κ1) is 14.4. The molecule has 1 atom stereocenters. The predicted molar refractivity (Wildman–Crippen MR) is 80.8 cm³/mol. The first-order valence-electron chi connectivity index (χ1n) is 7.36. The average molecular weight is 262 g/mol. The Morgan fingerprint density at radius 1 is 1.21 bits per heavy atom. The zero-order chi connectivity index (χ0) is 13.5. The van der Waals surface area contributed by atoms with Crippen LogP contribution in [0, 0.1) is 5.92 Å². The van der Waals surface area contributed by atoms with Gasteiger partial charge in [0.05, 0.1) is 6.61 Å². The summed E-state index contributed by atoms with van der Waals surface area (Å²) in [5.74, 6) is 0.738. The van der Waals surface area contributed by atoms with Crippen LogP contribution in [0.15, 0.2) is 30.3 Å². The quantitative estimate of drug-likeness (QED) is 0.751. The largest absolute Gasteiger partial charge is 0.381 e. The summed E-state index contributed by atoms with van der Waals surface area (Å²) in [7, 11) is 2.17. The fourth-order valence-corrected chi connectivity index (χ4v) is 2.57. The molecule has 0 N–H and O–H groups in total. The maximum atomic E-state index is 5.46. The lowest BCUT2D eigenvalue weighted by Gasteiger charge is -2.27. The van der Waals surface area contributed by atoms with Gasteiger partial charge in [-0.05, 0) is 31.0 Å². The summed E-state index contributed by atoms with van der Waals surface area (Å²) in [6, 6.07) is 10.6. The third kappa shape index (κ3) is 4.51. The molecule has 0 saturated carbocycles. The monoisotopic (exact) mass is 262 g/mol. The van der Waals surface area contributed by atoms with Crippen molar-refractivity contribution in [2.24, 2.45) is 5.92 Å². The van der Waals surface area contributed by atoms with E-state index < -0.39 is 0 Å². The molecule has 0 aliphatic carbocycles. The maximum Gasteiger partial charge on any atom is 0.0507 e. The molecule has 2 rings (SSSR count). The first-order valence-corrected chi connectivity index (χ1v) is 7.36. The van der Waals surface area contributed by atoms with Crippen LogP contribution in [0.25, 0.3) is 0 Å². The highest BCUT2D eigenvalue weighted by molar-refractivity contribution is 5.44. The number of benzene rings is 1. The van der Waals surface area contributed by atoms with E-state index in [0.29, 0.717) is 0 Å². The zero-order valence-electron chi connectivity index (χ0n) is 12.2. The Bertz CT molecular complexity index is 349. The maximum absolute atomic E-state index is 5.46. The second kappa shape index (κ2) is 7.51. The molecule has 1 heterocycles. The predicted octanol–water partition coefficient (Wildman–Crippen LogP) is 2.48. The molecule has 1 fully saturated rings. The minimum absolute atomic E-state index is 0.738. The van der Waals surface area contributed by atoms with Crippen molar-refractivity contribution in [2.75, 3.05) is 51.3 Å². The molecule has 0 bridgehead atoms. The van der Waals surface area contributed by atoms with Gasteiger partial charge in [0.15, 0.2) is 0 Å². The van der Waals surface area contributed by atoms with Crippen molar-refractivity contribution in [1.82, 2.24) is 4.90 Å². The number of ether oxygens (including phenoxy) is 1. The van der Waals surface area contributed by atoms with Crippen LogP contribution in [0.2, 0.25) is 0 Å². The summed E-state index contributed by atoms with van der Waals surface area (Å²) in [6.45, 7) is 8.65. The molecular formula is C16H26N2O. The van der Waals surface area contributed by atoms with E-state index in [2.05, 4.69) is 54.1 Å². The van der Waals surface area contributed by atoms with E-state index in [1.54, 1.807) is 0 Å². The topological polar surface area (TPSA) is 15.7 Å². The van der Waals surface area contributed by atoms with E-state index in [4.69, 9.17) is 4.74 Å². The highest BCUT2D eigenvalue weighted by Crippen LogP contribution is 2.14. The number of hydrogen-bond acceptors (Lipinski definition) is 3. The Morgan fingerprint density at radius 3 is 2.63 bits per heavy atom. The minimum atomic E-state index is 0.738. The van der Waals surface area contributed by atoms with Crippen LogP contribution in [-0.4, -0.2) is 51.3 Å². The Labute approximate surface area is 117 Å². The van der Waals surface area contributed by atoms with Gasteiger partial charge in [-0.25, -0.2) is 0 Å². The summed E-state index contributed by atoms with van der Waals surface area (Å²) in [6.07, 6.45) is 1.23. The Morgan fingerprint density at radius 2 is 2.00 bits per heavy atom. The molecule has 106 valence electrons. The van der Waals surface area contributed by atoms with Crippen molar-refractivity contribution in [3.63, 3.8) is 0 Å². The molecule has 1 aliphatic rings. The minimum Gasteiger partial charge on any atom is -0.381 e. The Balaban J connectivity index is 1.75. The number of hydrogen-bond donors (Lipinski definition) is 0. The molecule has 0 radical (unpaired) electrons. The van der Waals surface area contributed by atoms with Crippen LogP contribution in [0.1, 0.15) is 13.3 Å². The molecule has 1 aliphatic heterocycles. The van der Waals surface area contributed by atoms with Gasteiger partial charge < -0.3 is 14.5 Å². The lowest BCUT2D eigenvalue weighted by molar-refractivity contribution is 0.169. The third-order valence-electron chi connectivity index (χ3n) is 3.94. The second-order valence-corrected chi connectivity index (χ2v) is 5.38. The molecule has 1 aromatic rings. The highest BCUT2D eigenvalue weighted by atomic mass is 16.5. The van der Waals surface area contributed by atoms with E-state index in [-0.39, 0.29) is 0 Å². The van der Waals surface area contributed by atoms with Crippen molar-refractivity contribution < 1.29 is 4.74 Å². The number of anilines is 1. The summed E-state index contributed by atoms with van der Waals surface area (Å²) in [5.41, 5.74) is 1.29. The fraction of sp³-hybridized carbons (Fsp3) is 0.625. The Hall–Kier alpha value is -1.06. The van der Waals surface area contributed by atoms with Gasteiger partial charge in [-0.2, -0.15) is 0 Å². The van der Waals surface area contributed by atoms with Crippen LogP contribution in [0.4, 0.5) is 5.69 Å². The normalized spacial score (nSPS) is 19.0. The molecule has 0 amide bonds. The molecule has 0 spiro atoms. The fourth-order valence-electron chi connectivity index (χ4n) is 2.57. The van der Waals surface area contributed by atoms with Crippen LogP contribution in [0.5, 0.6) is 0 Å². The molecule has 0 aromatic heterocycles. The van der Waals surface area contributed by atoms with E-state index >= 15 is 0 Å². The number of para-hydroxylation sites is 1. The van der Waals surface area contributed by atoms with Crippen molar-refractivity contribution in [1.29, 1.82) is 0 Å². The molecule has 1 aromatic carbocycles. The van der Waals surface area contributed by atoms with Crippen molar-refractivity contribution >= 4 is 5.69 Å². The molecule has 3 heteroatoms. The van der Waals surface area contributed by atoms with Gasteiger partial charge in [0.25, 0.3) is 0 Å². The van der Waals surface area contributed by atoms with Gasteiger partial charge in [-0.15, -0.1) is 0 Å². The van der Waals surface area contributed by atoms with E-state index in [0.717, 1.165) is 38.8 Å². The third-order valence-corrected chi connectivity index (χ3v) is 3.94. The van der Waals surface area contributed by atoms with Gasteiger partial charge in [-0.1, -0.05) is 25.1 Å². The summed E-state index contributed by atoms with van der Waals surface area (Å²) >= 11 is 0. The van der Waals surface area contributed by atoms with Crippen molar-refractivity contribution in [2.45, 2.75) is 13.3 Å². The number of likely N-dealkylation sites (N-methyl/N-ethyl adjacent to an activating group) is 2. The lowest BCUT2D eigenvalue weighted by Crippen LogP contribution is -2.36. The van der Waals surface area contributed by atoms with Crippen LogP contribution in [0.3, 0.4) is 0 Å². The molecule has 1 saturated heterocycles. The average Bonchev–Trinajstić information content (AvgIpc) is 2.97. The van der Waals surface area contributed by atoms with E-state index in [9.17, 15) is 0 Å². The first-order chi connectivity index (χ1) is 9.29. The molecular weight excluding hydrogens is 236 g/mol. The lowest BCUT2D eigenvalue weighted by atomic mass is 10.1. The number of nitrogens with zero attached hydrogens (tertiary/aromatic N) is 2. The number of rotatable bonds is 7. The molecule has 0 unspecified atom stereocenters. The van der Waals surface area contributed by atoms with E-state index in [1.807, 2.05) is 0 Å². The SMILES string of the molecule is CCN(CCN(C)c1ccccc1)C[C@H]1CCOC1. The molecule has 3 nitrogen and oxygen atoms in total. The second-order valence-electron chi connectivity index (χ2n) is 5.38. The Kier molecular flexibility index (Phi) is 5.67. The summed E-state index contributed by atoms with van der Waals surface area (Å²) in [4.78, 5) is 4.87. The van der Waals surface area contributed by atoms with Crippen molar-refractivity contribution in [3.05, 3.63) is 30.3 Å². The standard InChI is InChI=1S/C16H26N2O/c1-3-18(13-15-9-12-19-14-15)11-10-17(2)16-7-5-4-6-8-16/h4-8,15H,3,9-14H2,1-2H3/t15-/m1/s1. The van der Waals surface area contributed by atoms with E-state index in [1.165, 1.54) is 18.7 Å². The van der Waals surface area contributed by atoms with Crippen LogP contribution in [-0.2, 0) is 4.74 Å². The van der Waals surface area contributed by atoms with Crippen molar-refractivity contribution in [3.8, 4) is 0 Å². The van der Waals surface area contributed by atoms with Gasteiger partial charge in [0, 0.05) is 39.0 Å². The highest BCUT2D eigenvalue weighted by Gasteiger charge is 2.18. The van der Waals surface area contributed by atoms with Crippen LogP contribution < -0.4 is 4.90 Å². The van der Waals surface area contributed by atoms with Gasteiger partial charge in [-0.3, -0.25) is 0 Å². The molecule has 19 heavy (non-hydrogen) atoms. The zero-order valence-corrected chi connectivity index (χ0v) is 12.2.